The second kappa shape index (κ2) is 11.2. The minimum absolute atomic E-state index is 0.480. The first-order chi connectivity index (χ1) is 6.85. The Morgan fingerprint density at radius 1 is 1.00 bits per heavy atom. The largest absolute Gasteiger partial charge is 0.399 e. The summed E-state index contributed by atoms with van der Waals surface area (Å²) in [5.41, 5.74) is 0. The number of unbranched alkanes of at least 4 members (excludes halogenated alkanes) is 2. The maximum atomic E-state index is 5.80. The Hall–Kier alpha value is 0.137. The standard InChI is InChI=1S/C11H26O2Si/c1-4-7-9-11(10-8-5-2)13-14-12-6-3/h11H,4-10,14H2,1-3H3. The first kappa shape index (κ1) is 14.1. The fourth-order valence-corrected chi connectivity index (χ4v) is 2.19. The molecule has 0 radical (unpaired) electrons. The molecular formula is C11H26O2Si. The van der Waals surface area contributed by atoms with Crippen molar-refractivity contribution in [1.29, 1.82) is 0 Å². The zero-order valence-electron chi connectivity index (χ0n) is 10.1. The van der Waals surface area contributed by atoms with Gasteiger partial charge in [0.1, 0.15) is 0 Å². The number of rotatable bonds is 10. The number of hydrogen-bond acceptors (Lipinski definition) is 2. The van der Waals surface area contributed by atoms with Gasteiger partial charge in [0.25, 0.3) is 0 Å². The van der Waals surface area contributed by atoms with E-state index < -0.39 is 10.0 Å². The van der Waals surface area contributed by atoms with E-state index in [2.05, 4.69) is 13.8 Å². The molecule has 0 aromatic heterocycles. The van der Waals surface area contributed by atoms with Crippen LogP contribution < -0.4 is 0 Å². The molecule has 0 bridgehead atoms. The van der Waals surface area contributed by atoms with E-state index in [1.807, 2.05) is 6.92 Å². The molecule has 2 nitrogen and oxygen atoms in total. The lowest BCUT2D eigenvalue weighted by Crippen LogP contribution is -2.17. The summed E-state index contributed by atoms with van der Waals surface area (Å²) >= 11 is 0. The smallest absolute Gasteiger partial charge is 0.304 e. The third-order valence-corrected chi connectivity index (χ3v) is 3.53. The quantitative estimate of drug-likeness (QED) is 0.415. The van der Waals surface area contributed by atoms with Gasteiger partial charge in [0.05, 0.1) is 0 Å². The lowest BCUT2D eigenvalue weighted by atomic mass is 10.1. The maximum absolute atomic E-state index is 5.80. The Labute approximate surface area is 91.4 Å². The summed E-state index contributed by atoms with van der Waals surface area (Å²) in [7, 11) is -0.692. The van der Waals surface area contributed by atoms with Crippen molar-refractivity contribution in [3.05, 3.63) is 0 Å². The lowest BCUT2D eigenvalue weighted by molar-refractivity contribution is 0.139. The van der Waals surface area contributed by atoms with Gasteiger partial charge in [-0.1, -0.05) is 39.5 Å². The molecule has 0 aromatic rings. The van der Waals surface area contributed by atoms with Gasteiger partial charge in [-0.15, -0.1) is 0 Å². The summed E-state index contributed by atoms with van der Waals surface area (Å²) in [6, 6.07) is 0. The van der Waals surface area contributed by atoms with Crippen molar-refractivity contribution < 1.29 is 8.85 Å². The SMILES string of the molecule is CCCCC(CCCC)O[SiH2]OCC. The van der Waals surface area contributed by atoms with Crippen molar-refractivity contribution in [2.45, 2.75) is 65.4 Å². The molecule has 0 heterocycles. The summed E-state index contributed by atoms with van der Waals surface area (Å²) in [6.45, 7) is 7.30. The highest BCUT2D eigenvalue weighted by atomic mass is 28.3. The van der Waals surface area contributed by atoms with Gasteiger partial charge < -0.3 is 8.85 Å². The Bertz CT molecular complexity index is 101. The van der Waals surface area contributed by atoms with E-state index in [1.54, 1.807) is 0 Å². The average Bonchev–Trinajstić information content (AvgIpc) is 2.21. The molecule has 0 rings (SSSR count). The van der Waals surface area contributed by atoms with E-state index >= 15 is 0 Å². The molecule has 3 heteroatoms. The molecule has 0 aromatic carbocycles. The number of hydrogen-bond donors (Lipinski definition) is 0. The maximum Gasteiger partial charge on any atom is 0.304 e. The highest BCUT2D eigenvalue weighted by molar-refractivity contribution is 6.18. The molecule has 0 aliphatic heterocycles. The molecule has 0 unspecified atom stereocenters. The molecular weight excluding hydrogens is 192 g/mol. The molecule has 0 spiro atoms. The fraction of sp³-hybridized carbons (Fsp3) is 1.00. The molecule has 0 atom stereocenters. The van der Waals surface area contributed by atoms with E-state index in [9.17, 15) is 0 Å². The molecule has 0 saturated carbocycles. The Balaban J connectivity index is 3.49. The molecule has 86 valence electrons. The van der Waals surface area contributed by atoms with Crippen LogP contribution in [-0.2, 0) is 8.85 Å². The van der Waals surface area contributed by atoms with Gasteiger partial charge in [0, 0.05) is 12.7 Å². The van der Waals surface area contributed by atoms with Crippen molar-refractivity contribution >= 4 is 10.0 Å². The second-order valence-electron chi connectivity index (χ2n) is 3.68. The molecule has 0 fully saturated rings. The summed E-state index contributed by atoms with van der Waals surface area (Å²) in [5, 5.41) is 0. The van der Waals surface area contributed by atoms with Gasteiger partial charge >= 0.3 is 10.0 Å². The fourth-order valence-electron chi connectivity index (χ4n) is 1.40. The summed E-state index contributed by atoms with van der Waals surface area (Å²) < 4.78 is 11.1. The van der Waals surface area contributed by atoms with Gasteiger partial charge in [-0.3, -0.25) is 0 Å². The van der Waals surface area contributed by atoms with Crippen molar-refractivity contribution in [2.24, 2.45) is 0 Å². The van der Waals surface area contributed by atoms with Crippen LogP contribution in [0.4, 0.5) is 0 Å². The summed E-state index contributed by atoms with van der Waals surface area (Å²) in [4.78, 5) is 0. The third kappa shape index (κ3) is 8.72. The van der Waals surface area contributed by atoms with Crippen LogP contribution in [0.5, 0.6) is 0 Å². The zero-order chi connectivity index (χ0) is 10.6. The summed E-state index contributed by atoms with van der Waals surface area (Å²) in [5.74, 6) is 0. The van der Waals surface area contributed by atoms with E-state index in [4.69, 9.17) is 8.85 Å². The Morgan fingerprint density at radius 2 is 1.57 bits per heavy atom. The predicted molar refractivity (Wildman–Crippen MR) is 64.1 cm³/mol. The topological polar surface area (TPSA) is 18.5 Å². The van der Waals surface area contributed by atoms with Gasteiger partial charge in [0.15, 0.2) is 0 Å². The van der Waals surface area contributed by atoms with Crippen LogP contribution in [0.25, 0.3) is 0 Å². The molecule has 0 N–H and O–H groups in total. The van der Waals surface area contributed by atoms with Crippen LogP contribution in [0, 0.1) is 0 Å². The van der Waals surface area contributed by atoms with Gasteiger partial charge in [0.2, 0.25) is 0 Å². The predicted octanol–water partition coefficient (Wildman–Crippen LogP) is 2.79. The van der Waals surface area contributed by atoms with Crippen LogP contribution in [0.15, 0.2) is 0 Å². The minimum Gasteiger partial charge on any atom is -0.399 e. The highest BCUT2D eigenvalue weighted by Crippen LogP contribution is 2.11. The van der Waals surface area contributed by atoms with E-state index in [1.165, 1.54) is 38.5 Å². The van der Waals surface area contributed by atoms with Crippen LogP contribution in [0.2, 0.25) is 0 Å². The van der Waals surface area contributed by atoms with Crippen molar-refractivity contribution in [1.82, 2.24) is 0 Å². The average molecular weight is 218 g/mol. The molecule has 0 saturated heterocycles. The Morgan fingerprint density at radius 3 is 2.00 bits per heavy atom. The highest BCUT2D eigenvalue weighted by Gasteiger charge is 2.07. The van der Waals surface area contributed by atoms with Gasteiger partial charge in [-0.05, 0) is 19.8 Å². The van der Waals surface area contributed by atoms with Gasteiger partial charge in [-0.2, -0.15) is 0 Å². The van der Waals surface area contributed by atoms with Gasteiger partial charge in [-0.25, -0.2) is 0 Å². The second-order valence-corrected chi connectivity index (χ2v) is 4.66. The normalized spacial score (nSPS) is 12.0. The van der Waals surface area contributed by atoms with Crippen molar-refractivity contribution in [3.63, 3.8) is 0 Å². The Kier molecular flexibility index (Phi) is 11.3. The van der Waals surface area contributed by atoms with E-state index in [-0.39, 0.29) is 0 Å². The van der Waals surface area contributed by atoms with E-state index in [0.29, 0.717) is 6.10 Å². The van der Waals surface area contributed by atoms with Crippen LogP contribution >= 0.6 is 0 Å². The van der Waals surface area contributed by atoms with Crippen LogP contribution in [0.1, 0.15) is 59.3 Å². The van der Waals surface area contributed by atoms with Crippen molar-refractivity contribution in [2.75, 3.05) is 6.61 Å². The first-order valence-corrected chi connectivity index (χ1v) is 7.19. The molecule has 14 heavy (non-hydrogen) atoms. The minimum atomic E-state index is -0.692. The van der Waals surface area contributed by atoms with Crippen LogP contribution in [-0.4, -0.2) is 22.7 Å². The molecule has 0 aliphatic carbocycles. The third-order valence-electron chi connectivity index (χ3n) is 2.35. The summed E-state index contributed by atoms with van der Waals surface area (Å²) in [6.07, 6.45) is 8.02. The monoisotopic (exact) mass is 218 g/mol. The first-order valence-electron chi connectivity index (χ1n) is 6.04. The van der Waals surface area contributed by atoms with Crippen LogP contribution in [0.3, 0.4) is 0 Å². The molecule has 0 amide bonds. The zero-order valence-corrected chi connectivity index (χ0v) is 11.5. The van der Waals surface area contributed by atoms with Crippen molar-refractivity contribution in [3.8, 4) is 0 Å². The molecule has 0 aliphatic rings. The van der Waals surface area contributed by atoms with E-state index in [0.717, 1.165) is 6.61 Å². The lowest BCUT2D eigenvalue weighted by Gasteiger charge is -2.17.